The second kappa shape index (κ2) is 4.33. The lowest BCUT2D eigenvalue weighted by Crippen LogP contribution is -2.17. The molecule has 1 aliphatic rings. The maximum Gasteiger partial charge on any atom is 0.307 e. The first-order valence-corrected chi connectivity index (χ1v) is 5.35. The van der Waals surface area contributed by atoms with Crippen LogP contribution in [0.25, 0.3) is 0 Å². The molecule has 0 bridgehead atoms. The highest BCUT2D eigenvalue weighted by atomic mass is 35.5. The molecule has 1 aromatic carbocycles. The Morgan fingerprint density at radius 2 is 2.12 bits per heavy atom. The zero-order chi connectivity index (χ0) is 12.6. The number of hydrogen-bond acceptors (Lipinski definition) is 2. The summed E-state index contributed by atoms with van der Waals surface area (Å²) in [5, 5.41) is 11.2. The van der Waals surface area contributed by atoms with Crippen LogP contribution in [0.15, 0.2) is 18.2 Å². The van der Waals surface area contributed by atoms with Crippen LogP contribution in [0.3, 0.4) is 0 Å². The van der Waals surface area contributed by atoms with Crippen molar-refractivity contribution >= 4 is 29.2 Å². The molecule has 0 spiro atoms. The molecule has 1 amide bonds. The smallest absolute Gasteiger partial charge is 0.307 e. The van der Waals surface area contributed by atoms with Gasteiger partial charge in [-0.25, -0.2) is 4.39 Å². The van der Waals surface area contributed by atoms with Crippen molar-refractivity contribution in [3.05, 3.63) is 29.0 Å². The number of amides is 1. The van der Waals surface area contributed by atoms with Gasteiger partial charge in [-0.15, -0.1) is 0 Å². The number of halogens is 2. The van der Waals surface area contributed by atoms with Gasteiger partial charge in [-0.05, 0) is 24.6 Å². The van der Waals surface area contributed by atoms with Gasteiger partial charge in [0.25, 0.3) is 0 Å². The average Bonchev–Trinajstić information content (AvgIpc) is 3.01. The summed E-state index contributed by atoms with van der Waals surface area (Å²) in [6, 6.07) is 3.87. The molecule has 90 valence electrons. The molecule has 2 atom stereocenters. The standard InChI is InChI=1S/C11H9ClFNO3/c12-5-1-2-9(8(13)3-5)14-10(15)6-4-7(6)11(16)17/h1-3,6-7H,4H2,(H,14,15)(H,16,17)/t6-,7+/m1/s1. The Kier molecular flexibility index (Phi) is 3.02. The fourth-order valence-electron chi connectivity index (χ4n) is 1.57. The van der Waals surface area contributed by atoms with E-state index in [1.807, 2.05) is 0 Å². The summed E-state index contributed by atoms with van der Waals surface area (Å²) in [5.74, 6) is -3.33. The third kappa shape index (κ3) is 2.55. The second-order valence-electron chi connectivity index (χ2n) is 3.90. The van der Waals surface area contributed by atoms with E-state index in [1.54, 1.807) is 0 Å². The number of benzene rings is 1. The molecule has 2 rings (SSSR count). The lowest BCUT2D eigenvalue weighted by atomic mass is 10.2. The molecular formula is C11H9ClFNO3. The topological polar surface area (TPSA) is 66.4 Å². The zero-order valence-corrected chi connectivity index (χ0v) is 9.37. The van der Waals surface area contributed by atoms with Crippen LogP contribution in [0.1, 0.15) is 6.42 Å². The fourth-order valence-corrected chi connectivity index (χ4v) is 1.73. The molecule has 0 radical (unpaired) electrons. The summed E-state index contributed by atoms with van der Waals surface area (Å²) in [6.45, 7) is 0. The summed E-state index contributed by atoms with van der Waals surface area (Å²) in [5.41, 5.74) is 0.00967. The Hall–Kier alpha value is -1.62. The molecule has 1 aliphatic carbocycles. The van der Waals surface area contributed by atoms with Crippen LogP contribution in [-0.2, 0) is 9.59 Å². The monoisotopic (exact) mass is 257 g/mol. The van der Waals surface area contributed by atoms with Crippen molar-refractivity contribution in [2.75, 3.05) is 5.32 Å². The minimum absolute atomic E-state index is 0.00967. The van der Waals surface area contributed by atoms with Crippen molar-refractivity contribution < 1.29 is 19.1 Å². The summed E-state index contributed by atoms with van der Waals surface area (Å²) in [6.07, 6.45) is 0.302. The Balaban J connectivity index is 2.02. The first-order valence-electron chi connectivity index (χ1n) is 4.98. The Morgan fingerprint density at radius 1 is 1.41 bits per heavy atom. The van der Waals surface area contributed by atoms with E-state index in [0.29, 0.717) is 6.42 Å². The highest BCUT2D eigenvalue weighted by Crippen LogP contribution is 2.39. The normalized spacial score (nSPS) is 22.0. The molecule has 6 heteroatoms. The number of aliphatic carboxylic acids is 1. The molecule has 0 aromatic heterocycles. The highest BCUT2D eigenvalue weighted by molar-refractivity contribution is 6.30. The minimum Gasteiger partial charge on any atom is -0.481 e. The van der Waals surface area contributed by atoms with Crippen molar-refractivity contribution in [3.63, 3.8) is 0 Å². The molecule has 0 aliphatic heterocycles. The lowest BCUT2D eigenvalue weighted by Gasteiger charge is -2.05. The largest absolute Gasteiger partial charge is 0.481 e. The summed E-state index contributed by atoms with van der Waals surface area (Å²) >= 11 is 5.56. The van der Waals surface area contributed by atoms with Gasteiger partial charge in [0.1, 0.15) is 5.82 Å². The third-order valence-corrected chi connectivity index (χ3v) is 2.87. The van der Waals surface area contributed by atoms with Gasteiger partial charge in [0.05, 0.1) is 17.5 Å². The number of rotatable bonds is 3. The number of carbonyl (C=O) groups excluding carboxylic acids is 1. The second-order valence-corrected chi connectivity index (χ2v) is 4.34. The van der Waals surface area contributed by atoms with Crippen LogP contribution in [0.2, 0.25) is 5.02 Å². The molecule has 0 heterocycles. The molecule has 1 saturated carbocycles. The van der Waals surface area contributed by atoms with E-state index in [0.717, 1.165) is 6.07 Å². The first kappa shape index (κ1) is 11.9. The maximum absolute atomic E-state index is 13.3. The SMILES string of the molecule is O=C(O)[C@H]1C[C@H]1C(=O)Nc1ccc(Cl)cc1F. The van der Waals surface area contributed by atoms with Crippen LogP contribution in [0.5, 0.6) is 0 Å². The van der Waals surface area contributed by atoms with Crippen LogP contribution >= 0.6 is 11.6 Å². The van der Waals surface area contributed by atoms with E-state index in [-0.39, 0.29) is 10.7 Å². The molecule has 4 nitrogen and oxygen atoms in total. The first-order chi connectivity index (χ1) is 7.99. The van der Waals surface area contributed by atoms with Gasteiger partial charge in [0.2, 0.25) is 5.91 Å². The van der Waals surface area contributed by atoms with Crippen molar-refractivity contribution in [3.8, 4) is 0 Å². The third-order valence-electron chi connectivity index (χ3n) is 2.63. The predicted molar refractivity (Wildman–Crippen MR) is 59.3 cm³/mol. The molecular weight excluding hydrogens is 249 g/mol. The lowest BCUT2D eigenvalue weighted by molar-refractivity contribution is -0.139. The van der Waals surface area contributed by atoms with Crippen molar-refractivity contribution in [1.82, 2.24) is 0 Å². The summed E-state index contributed by atoms with van der Waals surface area (Å²) in [7, 11) is 0. The van der Waals surface area contributed by atoms with E-state index in [1.165, 1.54) is 12.1 Å². The number of nitrogens with one attached hydrogen (secondary N) is 1. The quantitative estimate of drug-likeness (QED) is 0.872. The molecule has 17 heavy (non-hydrogen) atoms. The van der Waals surface area contributed by atoms with Crippen molar-refractivity contribution in [2.45, 2.75) is 6.42 Å². The Bertz CT molecular complexity index is 492. The van der Waals surface area contributed by atoms with E-state index < -0.39 is 29.5 Å². The van der Waals surface area contributed by atoms with Gasteiger partial charge in [-0.2, -0.15) is 0 Å². The fraction of sp³-hybridized carbons (Fsp3) is 0.273. The van der Waals surface area contributed by atoms with Gasteiger partial charge in [-0.1, -0.05) is 11.6 Å². The summed E-state index contributed by atoms with van der Waals surface area (Å²) < 4.78 is 13.3. The van der Waals surface area contributed by atoms with Crippen LogP contribution in [-0.4, -0.2) is 17.0 Å². The number of carboxylic acids is 1. The number of anilines is 1. The summed E-state index contributed by atoms with van der Waals surface area (Å²) in [4.78, 5) is 22.1. The van der Waals surface area contributed by atoms with Crippen LogP contribution < -0.4 is 5.32 Å². The highest BCUT2D eigenvalue weighted by Gasteiger charge is 2.48. The predicted octanol–water partition coefficient (Wildman–Crippen LogP) is 2.14. The number of carboxylic acid groups (broad SMARTS) is 1. The molecule has 2 N–H and O–H groups in total. The Morgan fingerprint density at radius 3 is 2.65 bits per heavy atom. The van der Waals surface area contributed by atoms with E-state index in [2.05, 4.69) is 5.32 Å². The average molecular weight is 258 g/mol. The minimum atomic E-state index is -0.998. The van der Waals surface area contributed by atoms with E-state index in [4.69, 9.17) is 16.7 Å². The van der Waals surface area contributed by atoms with E-state index >= 15 is 0 Å². The maximum atomic E-state index is 13.3. The molecule has 0 saturated heterocycles. The van der Waals surface area contributed by atoms with Crippen LogP contribution in [0, 0.1) is 17.7 Å². The van der Waals surface area contributed by atoms with Gasteiger partial charge < -0.3 is 10.4 Å². The molecule has 1 aromatic rings. The van der Waals surface area contributed by atoms with Gasteiger partial charge in [-0.3, -0.25) is 9.59 Å². The number of hydrogen-bond donors (Lipinski definition) is 2. The van der Waals surface area contributed by atoms with Gasteiger partial charge in [0, 0.05) is 5.02 Å². The zero-order valence-electron chi connectivity index (χ0n) is 8.61. The number of carbonyl (C=O) groups is 2. The van der Waals surface area contributed by atoms with Crippen molar-refractivity contribution in [2.24, 2.45) is 11.8 Å². The molecule has 0 unspecified atom stereocenters. The Labute approximate surface area is 101 Å². The molecule has 1 fully saturated rings. The van der Waals surface area contributed by atoms with Crippen molar-refractivity contribution in [1.29, 1.82) is 0 Å². The van der Waals surface area contributed by atoms with E-state index in [9.17, 15) is 14.0 Å². The van der Waals surface area contributed by atoms with Crippen LogP contribution in [0.4, 0.5) is 10.1 Å². The van der Waals surface area contributed by atoms with Gasteiger partial charge >= 0.3 is 5.97 Å². The van der Waals surface area contributed by atoms with Gasteiger partial charge in [0.15, 0.2) is 0 Å².